The van der Waals surface area contributed by atoms with Crippen LogP contribution in [0.3, 0.4) is 0 Å². The Bertz CT molecular complexity index is 1340. The molecule has 0 unspecified atom stereocenters. The van der Waals surface area contributed by atoms with E-state index in [0.29, 0.717) is 23.7 Å². The van der Waals surface area contributed by atoms with Crippen molar-refractivity contribution in [2.45, 2.75) is 68.3 Å². The highest BCUT2D eigenvalue weighted by Gasteiger charge is 2.43. The average Bonchev–Trinajstić information content (AvgIpc) is 2.97. The molecule has 14 heteroatoms. The summed E-state index contributed by atoms with van der Waals surface area (Å²) in [5.74, 6) is -1.23. The van der Waals surface area contributed by atoms with Gasteiger partial charge in [0.25, 0.3) is 0 Å². The summed E-state index contributed by atoms with van der Waals surface area (Å²) in [4.78, 5) is 12.5. The van der Waals surface area contributed by atoms with E-state index in [1.807, 2.05) is 12.1 Å². The number of nitrogens with one attached hydrogen (secondary N) is 3. The summed E-state index contributed by atoms with van der Waals surface area (Å²) >= 11 is 0. The molecule has 2 aliphatic rings. The van der Waals surface area contributed by atoms with Crippen molar-refractivity contribution >= 4 is 26.0 Å². The predicted octanol–water partition coefficient (Wildman–Crippen LogP) is 4.20. The van der Waals surface area contributed by atoms with Crippen LogP contribution in [0, 0.1) is 0 Å². The lowest BCUT2D eigenvalue weighted by atomic mass is 9.89. The third-order valence-electron chi connectivity index (χ3n) is 7.22. The lowest BCUT2D eigenvalue weighted by Gasteiger charge is -2.32. The van der Waals surface area contributed by atoms with Crippen LogP contribution in [0.25, 0.3) is 0 Å². The number of sulfonamides is 2. The third kappa shape index (κ3) is 9.76. The van der Waals surface area contributed by atoms with E-state index in [4.69, 9.17) is 0 Å². The average molecular weight is 637 g/mol. The normalized spacial score (nSPS) is 16.8. The van der Waals surface area contributed by atoms with E-state index in [1.165, 1.54) is 31.8 Å². The molecule has 238 valence electrons. The number of hydrogen-bond acceptors (Lipinski definition) is 6. The molecule has 2 aromatic carbocycles. The molecule has 2 fully saturated rings. The molecule has 2 aromatic rings. The van der Waals surface area contributed by atoms with Crippen molar-refractivity contribution in [3.05, 3.63) is 59.7 Å². The zero-order valence-corrected chi connectivity index (χ0v) is 24.0. The van der Waals surface area contributed by atoms with E-state index in [0.717, 1.165) is 36.4 Å². The summed E-state index contributed by atoms with van der Waals surface area (Å²) in [6.07, 6.45) is -1.76. The van der Waals surface area contributed by atoms with Gasteiger partial charge in [-0.25, -0.2) is 26.3 Å². The molecule has 3 N–H and O–H groups in total. The van der Waals surface area contributed by atoms with Gasteiger partial charge in [0, 0.05) is 13.1 Å². The summed E-state index contributed by atoms with van der Waals surface area (Å²) in [5.41, 5.74) is 2.10. The highest BCUT2D eigenvalue weighted by Crippen LogP contribution is 2.31. The Morgan fingerprint density at radius 2 is 1.10 bits per heavy atom. The van der Waals surface area contributed by atoms with Crippen LogP contribution in [0.5, 0.6) is 0 Å². The standard InChI is InChI=1S/C14H17F3N2O3S.C12H18N2O2S.2CH4/c1-18-23(21,22)12-4-2-10(3-5-12)11-6-8-19(9-7-11)13(20)14(15,16)17;1-13-17(15,16)12-4-2-10(3-5-12)11-6-8-14-9-7-11;;/h2-5,11,18H,6-9H2,1H3;2-5,11,13-14H,6-9H2,1H3;2*1H4. The van der Waals surface area contributed by atoms with Crippen molar-refractivity contribution in [1.82, 2.24) is 19.7 Å². The largest absolute Gasteiger partial charge is 0.471 e. The molecule has 0 aromatic heterocycles. The number of alkyl halides is 3. The molecular weight excluding hydrogens is 593 g/mol. The first-order chi connectivity index (χ1) is 18.8. The zero-order valence-electron chi connectivity index (χ0n) is 22.4. The number of carbonyl (C=O) groups excluding carboxylic acids is 1. The van der Waals surface area contributed by atoms with E-state index >= 15 is 0 Å². The van der Waals surface area contributed by atoms with Crippen molar-refractivity contribution < 1.29 is 34.8 Å². The number of carbonyl (C=O) groups is 1. The lowest BCUT2D eigenvalue weighted by molar-refractivity contribution is -0.186. The van der Waals surface area contributed by atoms with Crippen LogP contribution in [-0.4, -0.2) is 74.1 Å². The zero-order chi connectivity index (χ0) is 29.6. The number of nitrogens with zero attached hydrogens (tertiary/aromatic N) is 1. The van der Waals surface area contributed by atoms with Gasteiger partial charge in [-0.2, -0.15) is 13.2 Å². The second-order valence-corrected chi connectivity index (χ2v) is 13.4. The van der Waals surface area contributed by atoms with Gasteiger partial charge in [0.05, 0.1) is 9.79 Å². The van der Waals surface area contributed by atoms with E-state index in [2.05, 4.69) is 14.8 Å². The van der Waals surface area contributed by atoms with Gasteiger partial charge in [-0.1, -0.05) is 39.1 Å². The van der Waals surface area contributed by atoms with Gasteiger partial charge in [0.15, 0.2) is 0 Å². The van der Waals surface area contributed by atoms with Crippen molar-refractivity contribution in [2.75, 3.05) is 40.3 Å². The fourth-order valence-electron chi connectivity index (χ4n) is 4.82. The predicted molar refractivity (Wildman–Crippen MR) is 158 cm³/mol. The monoisotopic (exact) mass is 636 g/mol. The van der Waals surface area contributed by atoms with Crippen LogP contribution in [0.1, 0.15) is 63.5 Å². The SMILES string of the molecule is C.C.CNS(=O)(=O)c1ccc(C2CCN(C(=O)C(F)(F)F)CC2)cc1.CNS(=O)(=O)c1ccc(C2CCNCC2)cc1. The molecule has 0 atom stereocenters. The number of halogens is 3. The van der Waals surface area contributed by atoms with Gasteiger partial charge in [0.2, 0.25) is 20.0 Å². The highest BCUT2D eigenvalue weighted by molar-refractivity contribution is 7.89. The van der Waals surface area contributed by atoms with Gasteiger partial charge in [-0.3, -0.25) is 4.79 Å². The third-order valence-corrected chi connectivity index (χ3v) is 10.1. The number of amides is 1. The highest BCUT2D eigenvalue weighted by atomic mass is 32.2. The van der Waals surface area contributed by atoms with Gasteiger partial charge >= 0.3 is 12.1 Å². The Morgan fingerprint density at radius 3 is 1.43 bits per heavy atom. The van der Waals surface area contributed by atoms with Crippen LogP contribution in [0.15, 0.2) is 58.3 Å². The van der Waals surface area contributed by atoms with E-state index < -0.39 is 32.1 Å². The van der Waals surface area contributed by atoms with E-state index in [-0.39, 0.29) is 38.8 Å². The number of benzene rings is 2. The van der Waals surface area contributed by atoms with E-state index in [9.17, 15) is 34.8 Å². The molecule has 0 bridgehead atoms. The number of rotatable bonds is 6. The summed E-state index contributed by atoms with van der Waals surface area (Å²) in [5, 5.41) is 3.32. The fourth-order valence-corrected chi connectivity index (χ4v) is 6.28. The number of likely N-dealkylation sites (tertiary alicyclic amines) is 1. The first-order valence-electron chi connectivity index (χ1n) is 12.9. The fraction of sp³-hybridized carbons (Fsp3) is 0.536. The number of hydrogen-bond donors (Lipinski definition) is 3. The Kier molecular flexibility index (Phi) is 14.1. The van der Waals surface area contributed by atoms with Crippen LogP contribution >= 0.6 is 0 Å². The van der Waals surface area contributed by atoms with Crippen molar-refractivity contribution in [2.24, 2.45) is 0 Å². The first-order valence-corrected chi connectivity index (χ1v) is 15.9. The molecule has 2 aliphatic heterocycles. The minimum atomic E-state index is -4.84. The molecule has 2 heterocycles. The maximum absolute atomic E-state index is 12.4. The topological polar surface area (TPSA) is 125 Å². The summed E-state index contributed by atoms with van der Waals surface area (Å²) < 4.78 is 88.1. The van der Waals surface area contributed by atoms with Gasteiger partial charge in [-0.05, 0) is 100 Å². The quantitative estimate of drug-likeness (QED) is 0.437. The summed E-state index contributed by atoms with van der Waals surface area (Å²) in [7, 11) is -4.08. The Hall–Kier alpha value is -2.52. The molecule has 1 amide bonds. The Morgan fingerprint density at radius 1 is 0.738 bits per heavy atom. The van der Waals surface area contributed by atoms with Gasteiger partial charge in [0.1, 0.15) is 0 Å². The molecule has 4 rings (SSSR count). The van der Waals surface area contributed by atoms with Gasteiger partial charge < -0.3 is 10.2 Å². The molecule has 0 aliphatic carbocycles. The molecular formula is C28H43F3N4O5S2. The summed E-state index contributed by atoms with van der Waals surface area (Å²) in [6.45, 7) is 2.17. The summed E-state index contributed by atoms with van der Waals surface area (Å²) in [6, 6.07) is 13.5. The van der Waals surface area contributed by atoms with Crippen LogP contribution < -0.4 is 14.8 Å². The Labute approximate surface area is 248 Å². The molecule has 0 saturated carbocycles. The van der Waals surface area contributed by atoms with Crippen molar-refractivity contribution in [3.8, 4) is 0 Å². The minimum Gasteiger partial charge on any atom is -0.335 e. The molecule has 0 radical (unpaired) electrons. The molecule has 9 nitrogen and oxygen atoms in total. The van der Waals surface area contributed by atoms with Crippen LogP contribution in [0.2, 0.25) is 0 Å². The molecule has 0 spiro atoms. The molecule has 2 saturated heterocycles. The van der Waals surface area contributed by atoms with Crippen molar-refractivity contribution in [1.29, 1.82) is 0 Å². The van der Waals surface area contributed by atoms with Crippen LogP contribution in [0.4, 0.5) is 13.2 Å². The second kappa shape index (κ2) is 15.8. The van der Waals surface area contributed by atoms with Gasteiger partial charge in [-0.15, -0.1) is 0 Å². The van der Waals surface area contributed by atoms with Crippen molar-refractivity contribution in [3.63, 3.8) is 0 Å². The lowest BCUT2D eigenvalue weighted by Crippen LogP contribution is -2.45. The molecule has 42 heavy (non-hydrogen) atoms. The Balaban J connectivity index is 0.000000416. The number of piperidine rings is 2. The smallest absolute Gasteiger partial charge is 0.335 e. The second-order valence-electron chi connectivity index (χ2n) is 9.64. The minimum absolute atomic E-state index is 0. The maximum atomic E-state index is 12.4. The van der Waals surface area contributed by atoms with Crippen LogP contribution in [-0.2, 0) is 24.8 Å². The maximum Gasteiger partial charge on any atom is 0.471 e. The van der Waals surface area contributed by atoms with E-state index in [1.54, 1.807) is 24.3 Å². The first kappa shape index (κ1) is 37.5.